The Hall–Kier alpha value is -0.980. The fourth-order valence-corrected chi connectivity index (χ4v) is 3.19. The highest BCUT2D eigenvalue weighted by Crippen LogP contribution is 2.17. The molecule has 3 N–H and O–H groups in total. The molecular formula is C22H42O6. The first-order valence-corrected chi connectivity index (χ1v) is 11.1. The van der Waals surface area contributed by atoms with E-state index in [9.17, 15) is 19.8 Å². The summed E-state index contributed by atoms with van der Waals surface area (Å²) in [5.74, 6) is -2.29. The van der Waals surface area contributed by atoms with E-state index in [1.807, 2.05) is 0 Å². The van der Waals surface area contributed by atoms with Crippen LogP contribution < -0.4 is 0 Å². The number of hydrogen-bond acceptors (Lipinski definition) is 6. The number of esters is 1. The van der Waals surface area contributed by atoms with Crippen LogP contribution in [-0.4, -0.2) is 52.5 Å². The Morgan fingerprint density at radius 3 is 1.71 bits per heavy atom. The second-order valence-electron chi connectivity index (χ2n) is 7.78. The number of ether oxygens (including phenoxy) is 1. The molecule has 3 unspecified atom stereocenters. The van der Waals surface area contributed by atoms with Gasteiger partial charge < -0.3 is 20.1 Å². The summed E-state index contributed by atoms with van der Waals surface area (Å²) < 4.78 is 4.90. The summed E-state index contributed by atoms with van der Waals surface area (Å²) in [6, 6.07) is 0. The molecule has 0 heterocycles. The van der Waals surface area contributed by atoms with Crippen LogP contribution in [0.2, 0.25) is 0 Å². The van der Waals surface area contributed by atoms with Crippen molar-refractivity contribution in [3.05, 3.63) is 0 Å². The Bertz CT molecular complexity index is 396. The highest BCUT2D eigenvalue weighted by atomic mass is 16.5. The lowest BCUT2D eigenvalue weighted by molar-refractivity contribution is -0.157. The van der Waals surface area contributed by atoms with E-state index in [-0.39, 0.29) is 6.61 Å². The van der Waals surface area contributed by atoms with Gasteiger partial charge in [0.05, 0.1) is 6.61 Å². The maximum Gasteiger partial charge on any atom is 0.316 e. The molecule has 0 saturated carbocycles. The predicted molar refractivity (Wildman–Crippen MR) is 110 cm³/mol. The third-order valence-corrected chi connectivity index (χ3v) is 5.01. The molecule has 0 radical (unpaired) electrons. The van der Waals surface area contributed by atoms with E-state index in [1.54, 1.807) is 0 Å². The molecule has 3 atom stereocenters. The molecule has 0 saturated heterocycles. The molecule has 0 aromatic heterocycles. The predicted octanol–water partition coefficient (Wildman–Crippen LogP) is 3.54. The van der Waals surface area contributed by atoms with Crippen LogP contribution >= 0.6 is 0 Å². The number of aliphatic hydroxyl groups is 3. The summed E-state index contributed by atoms with van der Waals surface area (Å²) in [4.78, 5) is 24.2. The zero-order chi connectivity index (χ0) is 21.2. The van der Waals surface area contributed by atoms with Crippen molar-refractivity contribution < 1.29 is 29.6 Å². The van der Waals surface area contributed by atoms with E-state index in [1.165, 1.54) is 58.3 Å². The first-order valence-electron chi connectivity index (χ1n) is 11.1. The molecule has 6 nitrogen and oxygen atoms in total. The highest BCUT2D eigenvalue weighted by molar-refractivity contribution is 6.00. The number of Topliss-reactive ketones (excluding diaryl/α,β-unsaturated/α-hetero) is 1. The summed E-state index contributed by atoms with van der Waals surface area (Å²) in [5.41, 5.74) is 0. The van der Waals surface area contributed by atoms with Crippen molar-refractivity contribution in [3.63, 3.8) is 0 Å². The fraction of sp³-hybridized carbons (Fsp3) is 0.909. The Morgan fingerprint density at radius 2 is 1.29 bits per heavy atom. The van der Waals surface area contributed by atoms with Gasteiger partial charge in [0.25, 0.3) is 0 Å². The van der Waals surface area contributed by atoms with E-state index in [2.05, 4.69) is 6.92 Å². The SMILES string of the molecule is CCCCCCCCCCCCCCC(C(=O)OCC(O)CO)C(=O)C(C)O. The van der Waals surface area contributed by atoms with E-state index in [0.29, 0.717) is 6.42 Å². The van der Waals surface area contributed by atoms with Crippen molar-refractivity contribution in [1.82, 2.24) is 0 Å². The largest absolute Gasteiger partial charge is 0.462 e. The number of carbonyl (C=O) groups excluding carboxylic acids is 2. The second kappa shape index (κ2) is 18.1. The number of aliphatic hydroxyl groups excluding tert-OH is 3. The fourth-order valence-electron chi connectivity index (χ4n) is 3.19. The van der Waals surface area contributed by atoms with Gasteiger partial charge in [0.2, 0.25) is 0 Å². The van der Waals surface area contributed by atoms with E-state index >= 15 is 0 Å². The molecule has 0 spiro atoms. The molecule has 0 amide bonds. The minimum atomic E-state index is -1.22. The van der Waals surface area contributed by atoms with Crippen molar-refractivity contribution >= 4 is 11.8 Å². The molecule has 0 bridgehead atoms. The monoisotopic (exact) mass is 402 g/mol. The topological polar surface area (TPSA) is 104 Å². The van der Waals surface area contributed by atoms with Crippen LogP contribution in [0.1, 0.15) is 97.3 Å². The lowest BCUT2D eigenvalue weighted by atomic mass is 9.93. The van der Waals surface area contributed by atoms with Crippen LogP contribution in [0.4, 0.5) is 0 Å². The number of unbranched alkanes of at least 4 members (excludes halogenated alkanes) is 11. The van der Waals surface area contributed by atoms with Gasteiger partial charge in [0.15, 0.2) is 5.78 Å². The quantitative estimate of drug-likeness (QED) is 0.173. The van der Waals surface area contributed by atoms with Gasteiger partial charge >= 0.3 is 5.97 Å². The van der Waals surface area contributed by atoms with Gasteiger partial charge in [0, 0.05) is 0 Å². The summed E-state index contributed by atoms with van der Waals surface area (Å²) in [5, 5.41) is 27.5. The summed E-state index contributed by atoms with van der Waals surface area (Å²) in [6.07, 6.45) is 12.3. The van der Waals surface area contributed by atoms with Crippen molar-refractivity contribution in [2.75, 3.05) is 13.2 Å². The molecule has 0 aliphatic carbocycles. The van der Waals surface area contributed by atoms with E-state index in [4.69, 9.17) is 9.84 Å². The molecule has 0 rings (SSSR count). The smallest absolute Gasteiger partial charge is 0.316 e. The van der Waals surface area contributed by atoms with Crippen LogP contribution in [0.15, 0.2) is 0 Å². The number of ketones is 1. The van der Waals surface area contributed by atoms with Crippen molar-refractivity contribution in [2.45, 2.75) is 110 Å². The second-order valence-corrected chi connectivity index (χ2v) is 7.78. The third kappa shape index (κ3) is 14.1. The van der Waals surface area contributed by atoms with Crippen LogP contribution in [0.5, 0.6) is 0 Å². The molecule has 0 aliphatic rings. The Labute approximate surface area is 170 Å². The normalized spacial score (nSPS) is 14.5. The number of rotatable bonds is 19. The van der Waals surface area contributed by atoms with Crippen LogP contribution in [0.3, 0.4) is 0 Å². The Kier molecular flexibility index (Phi) is 17.4. The summed E-state index contributed by atoms with van der Waals surface area (Å²) >= 11 is 0. The van der Waals surface area contributed by atoms with E-state index in [0.717, 1.165) is 25.7 Å². The van der Waals surface area contributed by atoms with Gasteiger partial charge in [-0.2, -0.15) is 0 Å². The minimum Gasteiger partial charge on any atom is -0.462 e. The maximum absolute atomic E-state index is 12.1. The van der Waals surface area contributed by atoms with E-state index < -0.39 is 36.5 Å². The number of hydrogen-bond donors (Lipinski definition) is 3. The zero-order valence-electron chi connectivity index (χ0n) is 17.9. The maximum atomic E-state index is 12.1. The van der Waals surface area contributed by atoms with Gasteiger partial charge in [-0.3, -0.25) is 9.59 Å². The average molecular weight is 403 g/mol. The Morgan fingerprint density at radius 1 is 0.821 bits per heavy atom. The average Bonchev–Trinajstić information content (AvgIpc) is 2.68. The van der Waals surface area contributed by atoms with Crippen molar-refractivity contribution in [1.29, 1.82) is 0 Å². The minimum absolute atomic E-state index is 0.342. The Balaban J connectivity index is 3.93. The molecule has 0 aromatic rings. The van der Waals surface area contributed by atoms with Gasteiger partial charge in [-0.1, -0.05) is 84.0 Å². The lowest BCUT2D eigenvalue weighted by Crippen LogP contribution is -2.34. The molecule has 0 aliphatic heterocycles. The van der Waals surface area contributed by atoms with Gasteiger partial charge in [0.1, 0.15) is 24.7 Å². The van der Waals surface area contributed by atoms with Crippen LogP contribution in [0.25, 0.3) is 0 Å². The lowest BCUT2D eigenvalue weighted by Gasteiger charge is -2.17. The molecule has 6 heteroatoms. The third-order valence-electron chi connectivity index (χ3n) is 5.01. The van der Waals surface area contributed by atoms with Gasteiger partial charge in [-0.25, -0.2) is 0 Å². The first-order chi connectivity index (χ1) is 13.4. The van der Waals surface area contributed by atoms with Crippen molar-refractivity contribution in [3.8, 4) is 0 Å². The van der Waals surface area contributed by atoms with Gasteiger partial charge in [-0.05, 0) is 13.3 Å². The molecule has 166 valence electrons. The number of carbonyl (C=O) groups is 2. The molecule has 0 aromatic carbocycles. The van der Waals surface area contributed by atoms with Crippen molar-refractivity contribution in [2.24, 2.45) is 5.92 Å². The molecular weight excluding hydrogens is 360 g/mol. The summed E-state index contributed by atoms with van der Waals surface area (Å²) in [6.45, 7) is 2.71. The molecule has 28 heavy (non-hydrogen) atoms. The van der Waals surface area contributed by atoms with Gasteiger partial charge in [-0.15, -0.1) is 0 Å². The van der Waals surface area contributed by atoms with Crippen LogP contribution in [0, 0.1) is 5.92 Å². The molecule has 0 fully saturated rings. The zero-order valence-corrected chi connectivity index (χ0v) is 17.9. The standard InChI is InChI=1S/C22H42O6/c1-3-4-5-6-7-8-9-10-11-12-13-14-15-20(21(26)18(2)24)22(27)28-17-19(25)16-23/h18-20,23-25H,3-17H2,1-2H3. The highest BCUT2D eigenvalue weighted by Gasteiger charge is 2.30. The first kappa shape index (κ1) is 27.0. The summed E-state index contributed by atoms with van der Waals surface area (Å²) in [7, 11) is 0. The van der Waals surface area contributed by atoms with Crippen LogP contribution in [-0.2, 0) is 14.3 Å².